The Labute approximate surface area is 95.9 Å². The average molecular weight is 216 g/mol. The fraction of sp³-hybridized carbons (Fsp3) is 0.286. The molecule has 0 aliphatic heterocycles. The number of aryl methyl sites for hydroxylation is 3. The molecule has 0 radical (unpaired) electrons. The minimum Gasteiger partial charge on any atom is -0.497 e. The van der Waals surface area contributed by atoms with Gasteiger partial charge in [0.05, 0.1) is 7.11 Å². The van der Waals surface area contributed by atoms with Gasteiger partial charge >= 0.3 is 0 Å². The van der Waals surface area contributed by atoms with Crippen LogP contribution in [0.25, 0.3) is 0 Å². The van der Waals surface area contributed by atoms with E-state index in [1.165, 1.54) is 5.56 Å². The molecule has 84 valence electrons. The molecule has 1 heterocycles. The zero-order chi connectivity index (χ0) is 11.4. The third-order valence-electron chi connectivity index (χ3n) is 2.59. The number of hydrogen-bond acceptors (Lipinski definition) is 2. The Bertz CT molecular complexity index is 457. The molecule has 1 aromatic heterocycles. The lowest BCUT2D eigenvalue weighted by Crippen LogP contribution is -1.91. The van der Waals surface area contributed by atoms with Crippen molar-refractivity contribution in [2.24, 2.45) is 0 Å². The standard InChI is InChI=1S/C14H16O2/c1-11-6-8-13(16-11)9-7-12-4-3-5-14(10-12)15-2/h3-6,8,10H,7,9H2,1-2H3. The molecule has 0 aliphatic rings. The SMILES string of the molecule is COc1cccc(CCc2ccc(C)o2)c1. The lowest BCUT2D eigenvalue weighted by Gasteiger charge is -2.03. The molecule has 0 N–H and O–H groups in total. The summed E-state index contributed by atoms with van der Waals surface area (Å²) in [6.07, 6.45) is 1.91. The van der Waals surface area contributed by atoms with Gasteiger partial charge in [-0.15, -0.1) is 0 Å². The summed E-state index contributed by atoms with van der Waals surface area (Å²) in [5, 5.41) is 0. The third-order valence-corrected chi connectivity index (χ3v) is 2.59. The summed E-state index contributed by atoms with van der Waals surface area (Å²) in [4.78, 5) is 0. The molecule has 0 atom stereocenters. The van der Waals surface area contributed by atoms with Crippen molar-refractivity contribution in [2.45, 2.75) is 19.8 Å². The van der Waals surface area contributed by atoms with E-state index in [9.17, 15) is 0 Å². The van der Waals surface area contributed by atoms with Crippen molar-refractivity contribution >= 4 is 0 Å². The Hall–Kier alpha value is -1.70. The maximum Gasteiger partial charge on any atom is 0.119 e. The van der Waals surface area contributed by atoms with Crippen LogP contribution in [0, 0.1) is 6.92 Å². The van der Waals surface area contributed by atoms with Gasteiger partial charge in [0.1, 0.15) is 17.3 Å². The summed E-state index contributed by atoms with van der Waals surface area (Å²) < 4.78 is 10.7. The normalized spacial score (nSPS) is 10.4. The van der Waals surface area contributed by atoms with Crippen LogP contribution in [0.5, 0.6) is 5.75 Å². The highest BCUT2D eigenvalue weighted by Crippen LogP contribution is 2.15. The van der Waals surface area contributed by atoms with Gasteiger partial charge in [-0.1, -0.05) is 12.1 Å². The van der Waals surface area contributed by atoms with Crippen LogP contribution in [-0.4, -0.2) is 7.11 Å². The second kappa shape index (κ2) is 4.88. The largest absolute Gasteiger partial charge is 0.497 e. The molecular weight excluding hydrogens is 200 g/mol. The average Bonchev–Trinajstić information content (AvgIpc) is 2.73. The lowest BCUT2D eigenvalue weighted by atomic mass is 10.1. The lowest BCUT2D eigenvalue weighted by molar-refractivity contribution is 0.414. The van der Waals surface area contributed by atoms with Gasteiger partial charge in [0.25, 0.3) is 0 Å². The van der Waals surface area contributed by atoms with Crippen LogP contribution in [0.15, 0.2) is 40.8 Å². The van der Waals surface area contributed by atoms with E-state index in [0.717, 1.165) is 30.1 Å². The minimum absolute atomic E-state index is 0.910. The minimum atomic E-state index is 0.910. The molecule has 2 nitrogen and oxygen atoms in total. The number of ether oxygens (including phenoxy) is 1. The Balaban J connectivity index is 1.99. The summed E-state index contributed by atoms with van der Waals surface area (Å²) >= 11 is 0. The summed E-state index contributed by atoms with van der Waals surface area (Å²) in [5.41, 5.74) is 1.27. The number of benzene rings is 1. The molecule has 0 saturated heterocycles. The van der Waals surface area contributed by atoms with Crippen molar-refractivity contribution in [2.75, 3.05) is 7.11 Å². The Morgan fingerprint density at radius 1 is 1.12 bits per heavy atom. The van der Waals surface area contributed by atoms with Crippen LogP contribution in [0.2, 0.25) is 0 Å². The smallest absolute Gasteiger partial charge is 0.119 e. The molecule has 2 rings (SSSR count). The van der Waals surface area contributed by atoms with Crippen LogP contribution in [0.3, 0.4) is 0 Å². The fourth-order valence-corrected chi connectivity index (χ4v) is 1.71. The molecular formula is C14H16O2. The highest BCUT2D eigenvalue weighted by Gasteiger charge is 2.00. The van der Waals surface area contributed by atoms with Gasteiger partial charge in [0.15, 0.2) is 0 Å². The molecule has 0 bridgehead atoms. The molecule has 0 aliphatic carbocycles. The van der Waals surface area contributed by atoms with Crippen molar-refractivity contribution < 1.29 is 9.15 Å². The number of furan rings is 1. The Morgan fingerprint density at radius 3 is 2.69 bits per heavy atom. The van der Waals surface area contributed by atoms with Gasteiger partial charge in [-0.2, -0.15) is 0 Å². The molecule has 0 saturated carbocycles. The van der Waals surface area contributed by atoms with Gasteiger partial charge in [-0.25, -0.2) is 0 Å². The molecule has 1 aromatic carbocycles. The van der Waals surface area contributed by atoms with E-state index in [2.05, 4.69) is 12.1 Å². The van der Waals surface area contributed by atoms with E-state index in [1.54, 1.807) is 7.11 Å². The first kappa shape index (κ1) is 10.8. The number of methoxy groups -OCH3 is 1. The zero-order valence-corrected chi connectivity index (χ0v) is 9.69. The van der Waals surface area contributed by atoms with Gasteiger partial charge in [0.2, 0.25) is 0 Å². The molecule has 0 amide bonds. The second-order valence-electron chi connectivity index (χ2n) is 3.86. The first-order valence-corrected chi connectivity index (χ1v) is 5.46. The summed E-state index contributed by atoms with van der Waals surface area (Å²) in [5.74, 6) is 2.93. The maximum atomic E-state index is 5.53. The predicted molar refractivity (Wildman–Crippen MR) is 63.8 cm³/mol. The van der Waals surface area contributed by atoms with Gasteiger partial charge in [-0.05, 0) is 43.2 Å². The van der Waals surface area contributed by atoms with Crippen molar-refractivity contribution in [3.63, 3.8) is 0 Å². The molecule has 16 heavy (non-hydrogen) atoms. The van der Waals surface area contributed by atoms with Crippen LogP contribution >= 0.6 is 0 Å². The third kappa shape index (κ3) is 2.66. The number of hydrogen-bond donors (Lipinski definition) is 0. The molecule has 2 heteroatoms. The quantitative estimate of drug-likeness (QED) is 0.781. The number of rotatable bonds is 4. The van der Waals surface area contributed by atoms with E-state index in [0.29, 0.717) is 0 Å². The Morgan fingerprint density at radius 2 is 2.00 bits per heavy atom. The summed E-state index contributed by atoms with van der Waals surface area (Å²) in [7, 11) is 1.69. The molecule has 0 spiro atoms. The summed E-state index contributed by atoms with van der Waals surface area (Å²) in [6, 6.07) is 12.2. The van der Waals surface area contributed by atoms with Crippen molar-refractivity contribution in [1.29, 1.82) is 0 Å². The topological polar surface area (TPSA) is 22.4 Å². The van der Waals surface area contributed by atoms with E-state index in [1.807, 2.05) is 31.2 Å². The van der Waals surface area contributed by atoms with Crippen molar-refractivity contribution in [1.82, 2.24) is 0 Å². The molecule has 0 unspecified atom stereocenters. The van der Waals surface area contributed by atoms with Gasteiger partial charge < -0.3 is 9.15 Å². The molecule has 2 aromatic rings. The van der Waals surface area contributed by atoms with Gasteiger partial charge in [0, 0.05) is 6.42 Å². The monoisotopic (exact) mass is 216 g/mol. The van der Waals surface area contributed by atoms with Crippen LogP contribution in [0.1, 0.15) is 17.1 Å². The highest BCUT2D eigenvalue weighted by molar-refractivity contribution is 5.28. The summed E-state index contributed by atoms with van der Waals surface area (Å²) in [6.45, 7) is 1.97. The first-order valence-electron chi connectivity index (χ1n) is 5.46. The van der Waals surface area contributed by atoms with Crippen LogP contribution in [0.4, 0.5) is 0 Å². The Kier molecular flexibility index (Phi) is 3.30. The van der Waals surface area contributed by atoms with E-state index in [4.69, 9.17) is 9.15 Å². The van der Waals surface area contributed by atoms with Crippen LogP contribution < -0.4 is 4.74 Å². The van der Waals surface area contributed by atoms with Crippen LogP contribution in [-0.2, 0) is 12.8 Å². The van der Waals surface area contributed by atoms with Crippen molar-refractivity contribution in [3.05, 3.63) is 53.5 Å². The maximum absolute atomic E-state index is 5.53. The fourth-order valence-electron chi connectivity index (χ4n) is 1.71. The highest BCUT2D eigenvalue weighted by atomic mass is 16.5. The van der Waals surface area contributed by atoms with E-state index >= 15 is 0 Å². The van der Waals surface area contributed by atoms with E-state index < -0.39 is 0 Å². The first-order chi connectivity index (χ1) is 7.78. The zero-order valence-electron chi connectivity index (χ0n) is 9.69. The predicted octanol–water partition coefficient (Wildman–Crippen LogP) is 3.38. The second-order valence-corrected chi connectivity index (χ2v) is 3.86. The molecule has 0 fully saturated rings. The van der Waals surface area contributed by atoms with E-state index in [-0.39, 0.29) is 0 Å². The van der Waals surface area contributed by atoms with Crippen molar-refractivity contribution in [3.8, 4) is 5.75 Å². The van der Waals surface area contributed by atoms with Gasteiger partial charge in [-0.3, -0.25) is 0 Å².